The van der Waals surface area contributed by atoms with E-state index < -0.39 is 5.54 Å². The lowest BCUT2D eigenvalue weighted by Gasteiger charge is -2.49. The van der Waals surface area contributed by atoms with E-state index in [1.165, 1.54) is 12.8 Å². The van der Waals surface area contributed by atoms with Crippen LogP contribution < -0.4 is 5.32 Å². The molecular weight excluding hydrogens is 300 g/mol. The molecule has 1 N–H and O–H groups in total. The molecule has 1 atom stereocenters. The Morgan fingerprint density at radius 2 is 1.96 bits per heavy atom. The molecule has 0 bridgehead atoms. The Morgan fingerprint density at radius 1 is 1.25 bits per heavy atom. The van der Waals surface area contributed by atoms with Crippen LogP contribution in [0.3, 0.4) is 0 Å². The molecule has 2 amide bonds. The third kappa shape index (κ3) is 3.53. The Balaban J connectivity index is 1.54. The maximum Gasteiger partial charge on any atom is 0.245 e. The van der Waals surface area contributed by atoms with Crippen molar-refractivity contribution in [2.24, 2.45) is 0 Å². The van der Waals surface area contributed by atoms with E-state index in [4.69, 9.17) is 0 Å². The molecule has 0 aromatic heterocycles. The minimum atomic E-state index is -0.666. The molecule has 0 spiro atoms. The summed E-state index contributed by atoms with van der Waals surface area (Å²) < 4.78 is 0. The molecule has 1 aliphatic carbocycles. The highest BCUT2D eigenvalue weighted by Gasteiger charge is 2.49. The Kier molecular flexibility index (Phi) is 5.03. The van der Waals surface area contributed by atoms with Gasteiger partial charge in [0.25, 0.3) is 0 Å². The molecule has 1 heterocycles. The summed E-state index contributed by atoms with van der Waals surface area (Å²) in [6.45, 7) is 2.56. The first-order valence-electron chi connectivity index (χ1n) is 8.92. The summed E-state index contributed by atoms with van der Waals surface area (Å²) in [6, 6.07) is 10.2. The van der Waals surface area contributed by atoms with Crippen molar-refractivity contribution in [2.45, 2.75) is 57.0 Å². The van der Waals surface area contributed by atoms with E-state index in [1.807, 2.05) is 49.4 Å². The third-order valence-electron chi connectivity index (χ3n) is 5.30. The number of amides is 2. The van der Waals surface area contributed by atoms with Gasteiger partial charge < -0.3 is 10.2 Å². The lowest BCUT2D eigenvalue weighted by Crippen LogP contribution is -2.68. The zero-order valence-corrected chi connectivity index (χ0v) is 14.3. The van der Waals surface area contributed by atoms with Crippen LogP contribution in [0.4, 0.5) is 0 Å². The summed E-state index contributed by atoms with van der Waals surface area (Å²) in [7, 11) is 0. The molecule has 4 heteroatoms. The first kappa shape index (κ1) is 16.7. The van der Waals surface area contributed by atoms with Gasteiger partial charge in [0.2, 0.25) is 11.8 Å². The van der Waals surface area contributed by atoms with Crippen LogP contribution in [0.5, 0.6) is 0 Å². The van der Waals surface area contributed by atoms with E-state index in [0.717, 1.165) is 24.8 Å². The molecule has 1 aliphatic heterocycles. The minimum Gasteiger partial charge on any atom is -0.351 e. The maximum absolute atomic E-state index is 12.6. The number of nitrogens with one attached hydrogen (secondary N) is 1. The number of carbonyl (C=O) groups is 2. The molecule has 0 radical (unpaired) electrons. The second-order valence-electron chi connectivity index (χ2n) is 7.04. The van der Waals surface area contributed by atoms with Crippen LogP contribution in [0.15, 0.2) is 36.4 Å². The number of likely N-dealkylation sites (tertiary alicyclic amines) is 1. The average Bonchev–Trinajstić information content (AvgIpc) is 3.07. The van der Waals surface area contributed by atoms with Crippen molar-refractivity contribution in [2.75, 3.05) is 6.54 Å². The van der Waals surface area contributed by atoms with Gasteiger partial charge in [-0.05, 0) is 31.7 Å². The molecule has 24 heavy (non-hydrogen) atoms. The first-order valence-corrected chi connectivity index (χ1v) is 8.92. The Bertz CT molecular complexity index is 620. The fraction of sp³-hybridized carbons (Fsp3) is 0.500. The highest BCUT2D eigenvalue weighted by atomic mass is 16.2. The van der Waals surface area contributed by atoms with E-state index in [-0.39, 0.29) is 11.8 Å². The van der Waals surface area contributed by atoms with Crippen LogP contribution in [0.2, 0.25) is 0 Å². The average molecular weight is 326 g/mol. The van der Waals surface area contributed by atoms with Gasteiger partial charge >= 0.3 is 0 Å². The Hall–Kier alpha value is -2.10. The topological polar surface area (TPSA) is 49.4 Å². The number of rotatable bonds is 5. The summed E-state index contributed by atoms with van der Waals surface area (Å²) in [5, 5.41) is 3.14. The number of nitrogens with zero attached hydrogens (tertiary/aromatic N) is 1. The van der Waals surface area contributed by atoms with Crippen molar-refractivity contribution in [1.29, 1.82) is 0 Å². The number of hydrogen-bond donors (Lipinski definition) is 1. The van der Waals surface area contributed by atoms with E-state index in [0.29, 0.717) is 19.0 Å². The van der Waals surface area contributed by atoms with Crippen molar-refractivity contribution in [3.63, 3.8) is 0 Å². The highest BCUT2D eigenvalue weighted by molar-refractivity contribution is 5.93. The number of benzene rings is 1. The van der Waals surface area contributed by atoms with E-state index in [2.05, 4.69) is 5.32 Å². The Labute approximate surface area is 143 Å². The largest absolute Gasteiger partial charge is 0.351 e. The zero-order valence-electron chi connectivity index (χ0n) is 14.3. The molecular formula is C20H26N2O2. The molecule has 1 aromatic rings. The van der Waals surface area contributed by atoms with Gasteiger partial charge in [-0.1, -0.05) is 55.3 Å². The first-order chi connectivity index (χ1) is 11.6. The predicted octanol–water partition coefficient (Wildman–Crippen LogP) is 3.14. The van der Waals surface area contributed by atoms with Crippen molar-refractivity contribution in [1.82, 2.24) is 10.2 Å². The van der Waals surface area contributed by atoms with Gasteiger partial charge in [0, 0.05) is 19.0 Å². The number of carbonyl (C=O) groups excluding carboxylic acids is 2. The van der Waals surface area contributed by atoms with Gasteiger partial charge in [0.1, 0.15) is 5.54 Å². The summed E-state index contributed by atoms with van der Waals surface area (Å²) in [6.07, 6.45) is 9.42. The molecule has 2 aliphatic rings. The van der Waals surface area contributed by atoms with Crippen LogP contribution in [0.25, 0.3) is 6.08 Å². The molecule has 1 saturated heterocycles. The van der Waals surface area contributed by atoms with Gasteiger partial charge in [-0.25, -0.2) is 0 Å². The van der Waals surface area contributed by atoms with Crippen molar-refractivity contribution in [3.8, 4) is 0 Å². The predicted molar refractivity (Wildman–Crippen MR) is 95.2 cm³/mol. The quantitative estimate of drug-likeness (QED) is 0.904. The van der Waals surface area contributed by atoms with Crippen LogP contribution in [-0.2, 0) is 9.59 Å². The van der Waals surface area contributed by atoms with Crippen LogP contribution in [0, 0.1) is 0 Å². The molecule has 2 fully saturated rings. The molecule has 3 rings (SSSR count). The summed E-state index contributed by atoms with van der Waals surface area (Å²) in [5.41, 5.74) is 0.413. The normalized spacial score (nSPS) is 24.1. The second kappa shape index (κ2) is 7.20. The summed E-state index contributed by atoms with van der Waals surface area (Å²) in [4.78, 5) is 26.8. The van der Waals surface area contributed by atoms with Gasteiger partial charge in [-0.3, -0.25) is 9.59 Å². The van der Waals surface area contributed by atoms with Crippen LogP contribution in [0.1, 0.15) is 51.0 Å². The fourth-order valence-corrected chi connectivity index (χ4v) is 3.58. The van der Waals surface area contributed by atoms with Crippen LogP contribution in [-0.4, -0.2) is 34.8 Å². The maximum atomic E-state index is 12.6. The van der Waals surface area contributed by atoms with Crippen molar-refractivity contribution < 1.29 is 9.59 Å². The second-order valence-corrected chi connectivity index (χ2v) is 7.04. The fourth-order valence-electron chi connectivity index (χ4n) is 3.58. The van der Waals surface area contributed by atoms with Crippen LogP contribution >= 0.6 is 0 Å². The standard InChI is InChI=1S/C20H26N2O2/c1-20(19(24)21-17-11-5-6-12-17)14-15-22(20)18(23)13-7-10-16-8-3-2-4-9-16/h2-4,7-10,17H,5-6,11-15H2,1H3,(H,21,24)/b10-7+. The van der Waals surface area contributed by atoms with Crippen molar-refractivity contribution in [3.05, 3.63) is 42.0 Å². The zero-order chi connectivity index (χ0) is 17.0. The van der Waals surface area contributed by atoms with Gasteiger partial charge in [-0.2, -0.15) is 0 Å². The van der Waals surface area contributed by atoms with Gasteiger partial charge in [0.15, 0.2) is 0 Å². The summed E-state index contributed by atoms with van der Waals surface area (Å²) >= 11 is 0. The SMILES string of the molecule is CC1(C(=O)NC2CCCC2)CCN1C(=O)C/C=C/c1ccccc1. The molecule has 1 aromatic carbocycles. The van der Waals surface area contributed by atoms with Crippen molar-refractivity contribution >= 4 is 17.9 Å². The van der Waals surface area contributed by atoms with E-state index >= 15 is 0 Å². The lowest BCUT2D eigenvalue weighted by molar-refractivity contribution is -0.157. The molecule has 1 unspecified atom stereocenters. The number of hydrogen-bond acceptors (Lipinski definition) is 2. The molecule has 1 saturated carbocycles. The van der Waals surface area contributed by atoms with E-state index in [1.54, 1.807) is 4.90 Å². The monoisotopic (exact) mass is 326 g/mol. The third-order valence-corrected chi connectivity index (χ3v) is 5.30. The smallest absolute Gasteiger partial charge is 0.245 e. The molecule has 128 valence electrons. The summed E-state index contributed by atoms with van der Waals surface area (Å²) in [5.74, 6) is 0.0403. The highest BCUT2D eigenvalue weighted by Crippen LogP contribution is 2.32. The lowest BCUT2D eigenvalue weighted by atomic mass is 9.85. The van der Waals surface area contributed by atoms with E-state index in [9.17, 15) is 9.59 Å². The minimum absolute atomic E-state index is 0.0149. The van der Waals surface area contributed by atoms with Gasteiger partial charge in [0.05, 0.1) is 0 Å². The van der Waals surface area contributed by atoms with Gasteiger partial charge in [-0.15, -0.1) is 0 Å². The Morgan fingerprint density at radius 3 is 2.58 bits per heavy atom. The molecule has 4 nitrogen and oxygen atoms in total.